The van der Waals surface area contributed by atoms with Crippen molar-refractivity contribution < 1.29 is 13.2 Å². The quantitative estimate of drug-likeness (QED) is 0.834. The van der Waals surface area contributed by atoms with Gasteiger partial charge in [0.25, 0.3) is 5.91 Å². The van der Waals surface area contributed by atoms with E-state index in [0.29, 0.717) is 5.56 Å². The average Bonchev–Trinajstić information content (AvgIpc) is 3.38. The molecule has 3 rings (SSSR count). The number of nitrogens with one attached hydrogen (secondary N) is 2. The van der Waals surface area contributed by atoms with Crippen molar-refractivity contribution >= 4 is 15.9 Å². The molecule has 6 heteroatoms. The van der Waals surface area contributed by atoms with Crippen LogP contribution in [-0.2, 0) is 10.0 Å². The van der Waals surface area contributed by atoms with Gasteiger partial charge in [0, 0.05) is 11.6 Å². The fraction of sp³-hybridized carbons (Fsp3) is 0.316. The molecule has 1 aliphatic rings. The number of hydrogen-bond acceptors (Lipinski definition) is 3. The zero-order valence-electron chi connectivity index (χ0n) is 14.3. The normalized spacial score (nSPS) is 15.6. The summed E-state index contributed by atoms with van der Waals surface area (Å²) in [6.45, 7) is 3.93. The van der Waals surface area contributed by atoms with Gasteiger partial charge in [-0.3, -0.25) is 4.79 Å². The zero-order chi connectivity index (χ0) is 18.0. The van der Waals surface area contributed by atoms with E-state index in [-0.39, 0.29) is 22.9 Å². The van der Waals surface area contributed by atoms with Gasteiger partial charge in [-0.2, -0.15) is 0 Å². The molecule has 0 spiro atoms. The Balaban J connectivity index is 1.69. The largest absolute Gasteiger partial charge is 0.346 e. The number of carbonyl (C=O) groups excluding carboxylic acids is 1. The van der Waals surface area contributed by atoms with Crippen LogP contribution in [0.5, 0.6) is 0 Å². The molecule has 2 N–H and O–H groups in total. The predicted molar refractivity (Wildman–Crippen MR) is 96.8 cm³/mol. The summed E-state index contributed by atoms with van der Waals surface area (Å²) in [5, 5.41) is 2.95. The van der Waals surface area contributed by atoms with Crippen molar-refractivity contribution in [3.05, 3.63) is 65.2 Å². The zero-order valence-corrected chi connectivity index (χ0v) is 15.1. The number of aryl methyl sites for hydroxylation is 1. The minimum atomic E-state index is -3.49. The molecule has 132 valence electrons. The standard InChI is InChI=1S/C19H22N2O3S/c1-13-5-3-4-6-18(13)14(2)20-19(22)15-7-11-17(12-8-15)25(23,24)21-16-9-10-16/h3-8,11-12,14,16,21H,9-10H2,1-2H3,(H,20,22)/t14-/m1/s1. The predicted octanol–water partition coefficient (Wildman–Crippen LogP) is 2.93. The number of hydrogen-bond donors (Lipinski definition) is 2. The summed E-state index contributed by atoms with van der Waals surface area (Å²) in [5.41, 5.74) is 2.61. The SMILES string of the molecule is Cc1ccccc1[C@@H](C)NC(=O)c1ccc(S(=O)(=O)NC2CC2)cc1. The van der Waals surface area contributed by atoms with Crippen LogP contribution in [0.2, 0.25) is 0 Å². The molecular weight excluding hydrogens is 336 g/mol. The molecule has 2 aromatic rings. The first kappa shape index (κ1) is 17.6. The first-order valence-corrected chi connectivity index (χ1v) is 9.84. The van der Waals surface area contributed by atoms with Gasteiger partial charge in [0.2, 0.25) is 10.0 Å². The molecule has 0 saturated heterocycles. The number of rotatable bonds is 6. The Morgan fingerprint density at radius 3 is 2.32 bits per heavy atom. The Kier molecular flexibility index (Phi) is 4.92. The number of benzene rings is 2. The summed E-state index contributed by atoms with van der Waals surface area (Å²) in [4.78, 5) is 12.6. The molecule has 0 bridgehead atoms. The maximum absolute atomic E-state index is 12.4. The Hall–Kier alpha value is -2.18. The van der Waals surface area contributed by atoms with E-state index in [9.17, 15) is 13.2 Å². The van der Waals surface area contributed by atoms with Gasteiger partial charge in [0.15, 0.2) is 0 Å². The summed E-state index contributed by atoms with van der Waals surface area (Å²) in [5.74, 6) is -0.227. The minimum absolute atomic E-state index is 0.0583. The van der Waals surface area contributed by atoms with Gasteiger partial charge >= 0.3 is 0 Å². The molecule has 0 heterocycles. The molecule has 1 amide bonds. The first-order valence-electron chi connectivity index (χ1n) is 8.35. The first-order chi connectivity index (χ1) is 11.9. The van der Waals surface area contributed by atoms with Gasteiger partial charge in [0.05, 0.1) is 10.9 Å². The van der Waals surface area contributed by atoms with Crippen molar-refractivity contribution in [3.8, 4) is 0 Å². The molecular formula is C19H22N2O3S. The van der Waals surface area contributed by atoms with E-state index in [4.69, 9.17) is 0 Å². The summed E-state index contributed by atoms with van der Waals surface area (Å²) < 4.78 is 26.9. The van der Waals surface area contributed by atoms with Gasteiger partial charge in [0.1, 0.15) is 0 Å². The van der Waals surface area contributed by atoms with Crippen LogP contribution in [0.4, 0.5) is 0 Å². The maximum Gasteiger partial charge on any atom is 0.251 e. The second kappa shape index (κ2) is 6.98. The third-order valence-electron chi connectivity index (χ3n) is 4.33. The molecule has 1 saturated carbocycles. The maximum atomic E-state index is 12.4. The van der Waals surface area contributed by atoms with Crippen molar-refractivity contribution in [1.82, 2.24) is 10.0 Å². The monoisotopic (exact) mass is 358 g/mol. The molecule has 5 nitrogen and oxygen atoms in total. The molecule has 1 fully saturated rings. The molecule has 2 aromatic carbocycles. The Morgan fingerprint density at radius 2 is 1.72 bits per heavy atom. The molecule has 0 radical (unpaired) electrons. The highest BCUT2D eigenvalue weighted by Gasteiger charge is 2.28. The number of amides is 1. The lowest BCUT2D eigenvalue weighted by Crippen LogP contribution is -2.28. The van der Waals surface area contributed by atoms with Crippen molar-refractivity contribution in [2.24, 2.45) is 0 Å². The third-order valence-corrected chi connectivity index (χ3v) is 5.86. The molecule has 1 aliphatic carbocycles. The van der Waals surface area contributed by atoms with Crippen molar-refractivity contribution in [3.63, 3.8) is 0 Å². The minimum Gasteiger partial charge on any atom is -0.346 e. The fourth-order valence-electron chi connectivity index (χ4n) is 2.70. The second-order valence-corrected chi connectivity index (χ2v) is 8.19. The van der Waals surface area contributed by atoms with Crippen LogP contribution in [-0.4, -0.2) is 20.4 Å². The van der Waals surface area contributed by atoms with Crippen LogP contribution in [0.1, 0.15) is 47.3 Å². The summed E-state index contributed by atoms with van der Waals surface area (Å²) in [7, 11) is -3.49. The van der Waals surface area contributed by atoms with E-state index >= 15 is 0 Å². The highest BCUT2D eigenvalue weighted by molar-refractivity contribution is 7.89. The van der Waals surface area contributed by atoms with Gasteiger partial charge in [-0.25, -0.2) is 13.1 Å². The van der Waals surface area contributed by atoms with Crippen molar-refractivity contribution in [2.75, 3.05) is 0 Å². The van der Waals surface area contributed by atoms with Crippen molar-refractivity contribution in [2.45, 2.75) is 43.7 Å². The van der Waals surface area contributed by atoms with E-state index in [1.54, 1.807) is 12.1 Å². The summed E-state index contributed by atoms with van der Waals surface area (Å²) in [6.07, 6.45) is 1.77. The van der Waals surface area contributed by atoms with Gasteiger partial charge < -0.3 is 5.32 Å². The lowest BCUT2D eigenvalue weighted by molar-refractivity contribution is 0.0939. The Labute approximate surface area is 148 Å². The van der Waals surface area contributed by atoms with Crippen LogP contribution >= 0.6 is 0 Å². The van der Waals surface area contributed by atoms with E-state index in [1.807, 2.05) is 38.1 Å². The van der Waals surface area contributed by atoms with Gasteiger partial charge in [-0.15, -0.1) is 0 Å². The Morgan fingerprint density at radius 1 is 1.08 bits per heavy atom. The van der Waals surface area contributed by atoms with Crippen LogP contribution in [0, 0.1) is 6.92 Å². The number of carbonyl (C=O) groups is 1. The van der Waals surface area contributed by atoms with E-state index in [0.717, 1.165) is 24.0 Å². The molecule has 25 heavy (non-hydrogen) atoms. The van der Waals surface area contributed by atoms with Crippen LogP contribution in [0.3, 0.4) is 0 Å². The lowest BCUT2D eigenvalue weighted by atomic mass is 10.0. The van der Waals surface area contributed by atoms with E-state index < -0.39 is 10.0 Å². The van der Waals surface area contributed by atoms with Crippen LogP contribution in [0.15, 0.2) is 53.4 Å². The molecule has 1 atom stereocenters. The number of sulfonamides is 1. The van der Waals surface area contributed by atoms with Crippen molar-refractivity contribution in [1.29, 1.82) is 0 Å². The third kappa shape index (κ3) is 4.27. The molecule has 0 aromatic heterocycles. The second-order valence-electron chi connectivity index (χ2n) is 6.47. The smallest absolute Gasteiger partial charge is 0.251 e. The highest BCUT2D eigenvalue weighted by atomic mass is 32.2. The average molecular weight is 358 g/mol. The summed E-state index contributed by atoms with van der Waals surface area (Å²) in [6, 6.07) is 13.8. The lowest BCUT2D eigenvalue weighted by Gasteiger charge is -2.16. The molecule has 0 unspecified atom stereocenters. The summed E-state index contributed by atoms with van der Waals surface area (Å²) >= 11 is 0. The van der Waals surface area contributed by atoms with Crippen LogP contribution < -0.4 is 10.0 Å². The van der Waals surface area contributed by atoms with Gasteiger partial charge in [-0.05, 0) is 62.1 Å². The Bertz CT molecular complexity index is 872. The van der Waals surface area contributed by atoms with Gasteiger partial charge in [-0.1, -0.05) is 24.3 Å². The molecule has 0 aliphatic heterocycles. The van der Waals surface area contributed by atoms with E-state index in [2.05, 4.69) is 10.0 Å². The van der Waals surface area contributed by atoms with E-state index in [1.165, 1.54) is 12.1 Å². The highest BCUT2D eigenvalue weighted by Crippen LogP contribution is 2.22. The fourth-order valence-corrected chi connectivity index (χ4v) is 4.01. The van der Waals surface area contributed by atoms with Crippen LogP contribution in [0.25, 0.3) is 0 Å². The topological polar surface area (TPSA) is 75.3 Å².